The molecule has 0 bridgehead atoms. The Morgan fingerprint density at radius 1 is 1.41 bits per heavy atom. The van der Waals surface area contributed by atoms with Crippen LogP contribution < -0.4 is 4.74 Å². The first-order valence-electron chi connectivity index (χ1n) is 5.53. The average molecular weight is 232 g/mol. The Hall–Kier alpha value is -2.02. The van der Waals surface area contributed by atoms with Crippen molar-refractivity contribution in [2.75, 3.05) is 20.2 Å². The summed E-state index contributed by atoms with van der Waals surface area (Å²) in [5, 5.41) is 8.53. The number of methoxy groups -OCH3 is 1. The highest BCUT2D eigenvalue weighted by molar-refractivity contribution is 5.94. The molecule has 17 heavy (non-hydrogen) atoms. The summed E-state index contributed by atoms with van der Waals surface area (Å²) in [6.45, 7) is 2.98. The van der Waals surface area contributed by atoms with Crippen molar-refractivity contribution in [2.45, 2.75) is 13.3 Å². The van der Waals surface area contributed by atoms with Crippen LogP contribution in [0.2, 0.25) is 0 Å². The first-order valence-corrected chi connectivity index (χ1v) is 5.53. The fraction of sp³-hybridized carbons (Fsp3) is 0.385. The standard InChI is InChI=1S/C13H16N2O2/c1-3-15(10-4-9-14)13(16)11-5-7-12(17-2)8-6-11/h5-8H,3-4,10H2,1-2H3. The number of carbonyl (C=O) groups excluding carboxylic acids is 1. The molecule has 0 aliphatic heterocycles. The van der Waals surface area contributed by atoms with E-state index in [2.05, 4.69) is 0 Å². The highest BCUT2D eigenvalue weighted by Crippen LogP contribution is 2.13. The number of amides is 1. The van der Waals surface area contributed by atoms with Crippen LogP contribution in [0.15, 0.2) is 24.3 Å². The van der Waals surface area contributed by atoms with Crippen molar-refractivity contribution >= 4 is 5.91 Å². The topological polar surface area (TPSA) is 53.3 Å². The van der Waals surface area contributed by atoms with Gasteiger partial charge in [-0.1, -0.05) is 0 Å². The smallest absolute Gasteiger partial charge is 0.253 e. The number of hydrogen-bond donors (Lipinski definition) is 0. The molecule has 0 aliphatic carbocycles. The molecule has 4 nitrogen and oxygen atoms in total. The van der Waals surface area contributed by atoms with Crippen LogP contribution in [0.1, 0.15) is 23.7 Å². The van der Waals surface area contributed by atoms with E-state index in [0.717, 1.165) is 5.75 Å². The van der Waals surface area contributed by atoms with Crippen LogP contribution in [0.3, 0.4) is 0 Å². The van der Waals surface area contributed by atoms with Gasteiger partial charge in [0.05, 0.1) is 19.6 Å². The summed E-state index contributed by atoms with van der Waals surface area (Å²) in [6, 6.07) is 9.02. The molecule has 1 rings (SSSR count). The SMILES string of the molecule is CCN(CCC#N)C(=O)c1ccc(OC)cc1. The van der Waals surface area contributed by atoms with E-state index in [1.54, 1.807) is 36.3 Å². The fourth-order valence-electron chi connectivity index (χ4n) is 1.50. The Bertz CT molecular complexity index is 406. The van der Waals surface area contributed by atoms with Gasteiger partial charge in [0, 0.05) is 18.7 Å². The van der Waals surface area contributed by atoms with Gasteiger partial charge in [-0.2, -0.15) is 5.26 Å². The van der Waals surface area contributed by atoms with E-state index < -0.39 is 0 Å². The van der Waals surface area contributed by atoms with Crippen LogP contribution >= 0.6 is 0 Å². The van der Waals surface area contributed by atoms with E-state index >= 15 is 0 Å². The van der Waals surface area contributed by atoms with Crippen molar-refractivity contribution in [2.24, 2.45) is 0 Å². The predicted molar refractivity (Wildman–Crippen MR) is 64.8 cm³/mol. The van der Waals surface area contributed by atoms with Crippen molar-refractivity contribution in [1.82, 2.24) is 4.90 Å². The Balaban J connectivity index is 2.75. The Morgan fingerprint density at radius 3 is 2.53 bits per heavy atom. The normalized spacial score (nSPS) is 9.47. The molecule has 0 saturated heterocycles. The third-order valence-electron chi connectivity index (χ3n) is 2.50. The molecule has 0 saturated carbocycles. The fourth-order valence-corrected chi connectivity index (χ4v) is 1.50. The average Bonchev–Trinajstić information content (AvgIpc) is 2.39. The van der Waals surface area contributed by atoms with Crippen LogP contribution in [-0.2, 0) is 0 Å². The lowest BCUT2D eigenvalue weighted by Gasteiger charge is -2.19. The summed E-state index contributed by atoms with van der Waals surface area (Å²) >= 11 is 0. The number of benzene rings is 1. The largest absolute Gasteiger partial charge is 0.497 e. The van der Waals surface area contributed by atoms with E-state index in [-0.39, 0.29) is 5.91 Å². The molecule has 1 aromatic carbocycles. The molecule has 0 spiro atoms. The first-order chi connectivity index (χ1) is 8.22. The number of nitriles is 1. The predicted octanol–water partition coefficient (Wildman–Crippen LogP) is 2.07. The molecule has 1 aromatic rings. The van der Waals surface area contributed by atoms with Gasteiger partial charge in [-0.3, -0.25) is 4.79 Å². The summed E-state index contributed by atoms with van der Waals surface area (Å²) in [4.78, 5) is 13.7. The molecule has 0 radical (unpaired) electrons. The molecule has 4 heteroatoms. The lowest BCUT2D eigenvalue weighted by atomic mass is 10.2. The van der Waals surface area contributed by atoms with Crippen LogP contribution in [0, 0.1) is 11.3 Å². The molecule has 0 aromatic heterocycles. The minimum Gasteiger partial charge on any atom is -0.497 e. The number of carbonyl (C=O) groups is 1. The number of hydrogen-bond acceptors (Lipinski definition) is 3. The number of rotatable bonds is 5. The third kappa shape index (κ3) is 3.49. The molecule has 0 unspecified atom stereocenters. The summed E-state index contributed by atoms with van der Waals surface area (Å²) in [5.41, 5.74) is 0.616. The highest BCUT2D eigenvalue weighted by atomic mass is 16.5. The van der Waals surface area contributed by atoms with Crippen LogP contribution in [0.5, 0.6) is 5.75 Å². The molecular formula is C13H16N2O2. The maximum Gasteiger partial charge on any atom is 0.253 e. The highest BCUT2D eigenvalue weighted by Gasteiger charge is 2.13. The summed E-state index contributed by atoms with van der Waals surface area (Å²) in [5.74, 6) is 0.673. The molecule has 0 heterocycles. The summed E-state index contributed by atoms with van der Waals surface area (Å²) in [6.07, 6.45) is 0.357. The maximum absolute atomic E-state index is 12.1. The monoisotopic (exact) mass is 232 g/mol. The zero-order chi connectivity index (χ0) is 12.7. The van der Waals surface area contributed by atoms with Gasteiger partial charge in [0.1, 0.15) is 5.75 Å². The summed E-state index contributed by atoms with van der Waals surface area (Å²) < 4.78 is 5.03. The minimum atomic E-state index is -0.0506. The quantitative estimate of drug-likeness (QED) is 0.781. The van der Waals surface area contributed by atoms with Gasteiger partial charge in [-0.25, -0.2) is 0 Å². The van der Waals surface area contributed by atoms with Gasteiger partial charge in [0.15, 0.2) is 0 Å². The van der Waals surface area contributed by atoms with Gasteiger partial charge in [-0.05, 0) is 31.2 Å². The van der Waals surface area contributed by atoms with Crippen molar-refractivity contribution in [3.8, 4) is 11.8 Å². The van der Waals surface area contributed by atoms with Gasteiger partial charge in [0.2, 0.25) is 0 Å². The minimum absolute atomic E-state index is 0.0506. The van der Waals surface area contributed by atoms with Crippen molar-refractivity contribution < 1.29 is 9.53 Å². The van der Waals surface area contributed by atoms with E-state index in [1.165, 1.54) is 0 Å². The molecular weight excluding hydrogens is 216 g/mol. The maximum atomic E-state index is 12.1. The lowest BCUT2D eigenvalue weighted by molar-refractivity contribution is 0.0768. The van der Waals surface area contributed by atoms with Crippen molar-refractivity contribution in [3.63, 3.8) is 0 Å². The summed E-state index contributed by atoms with van der Waals surface area (Å²) in [7, 11) is 1.59. The van der Waals surface area contributed by atoms with E-state index in [0.29, 0.717) is 25.1 Å². The molecule has 0 atom stereocenters. The van der Waals surface area contributed by atoms with Crippen LogP contribution in [-0.4, -0.2) is 31.0 Å². The van der Waals surface area contributed by atoms with Crippen molar-refractivity contribution in [1.29, 1.82) is 5.26 Å². The second kappa shape index (κ2) is 6.54. The Kier molecular flexibility index (Phi) is 5.02. The molecule has 90 valence electrons. The zero-order valence-corrected chi connectivity index (χ0v) is 10.1. The van der Waals surface area contributed by atoms with Gasteiger partial charge >= 0.3 is 0 Å². The number of ether oxygens (including phenoxy) is 1. The number of nitrogens with zero attached hydrogens (tertiary/aromatic N) is 2. The first kappa shape index (κ1) is 13.0. The molecule has 0 N–H and O–H groups in total. The third-order valence-corrected chi connectivity index (χ3v) is 2.50. The van der Waals surface area contributed by atoms with Crippen LogP contribution in [0.25, 0.3) is 0 Å². The van der Waals surface area contributed by atoms with E-state index in [4.69, 9.17) is 10.00 Å². The lowest BCUT2D eigenvalue weighted by Crippen LogP contribution is -2.31. The Labute approximate surface area is 101 Å². The van der Waals surface area contributed by atoms with Gasteiger partial charge < -0.3 is 9.64 Å². The van der Waals surface area contributed by atoms with Crippen LogP contribution in [0.4, 0.5) is 0 Å². The van der Waals surface area contributed by atoms with Gasteiger partial charge in [0.25, 0.3) is 5.91 Å². The second-order valence-electron chi connectivity index (χ2n) is 3.52. The molecule has 0 aliphatic rings. The van der Waals surface area contributed by atoms with E-state index in [1.807, 2.05) is 13.0 Å². The zero-order valence-electron chi connectivity index (χ0n) is 10.1. The van der Waals surface area contributed by atoms with E-state index in [9.17, 15) is 4.79 Å². The second-order valence-corrected chi connectivity index (χ2v) is 3.52. The van der Waals surface area contributed by atoms with Crippen molar-refractivity contribution in [3.05, 3.63) is 29.8 Å². The Morgan fingerprint density at radius 2 is 2.06 bits per heavy atom. The molecule has 0 fully saturated rings. The molecule has 1 amide bonds. The van der Waals surface area contributed by atoms with Gasteiger partial charge in [-0.15, -0.1) is 0 Å².